The lowest BCUT2D eigenvalue weighted by atomic mass is 9.47. The van der Waals surface area contributed by atoms with Crippen LogP contribution in [-0.2, 0) is 4.74 Å². The topological polar surface area (TPSA) is 26.3 Å². The molecule has 33 heavy (non-hydrogen) atoms. The zero-order valence-electron chi connectivity index (χ0n) is 21.9. The van der Waals surface area contributed by atoms with Crippen LogP contribution in [0.25, 0.3) is 0 Å². The Morgan fingerprint density at radius 2 is 1.88 bits per heavy atom. The van der Waals surface area contributed by atoms with Crippen molar-refractivity contribution in [3.05, 3.63) is 23.8 Å². The van der Waals surface area contributed by atoms with Crippen LogP contribution in [0.5, 0.6) is 0 Å². The minimum Gasteiger partial charge on any atom is -0.450 e. The van der Waals surface area contributed by atoms with Crippen molar-refractivity contribution in [1.82, 2.24) is 0 Å². The molecule has 0 aliphatic heterocycles. The van der Waals surface area contributed by atoms with E-state index in [2.05, 4.69) is 59.8 Å². The van der Waals surface area contributed by atoms with E-state index in [4.69, 9.17) is 16.3 Å². The van der Waals surface area contributed by atoms with Gasteiger partial charge in [-0.1, -0.05) is 65.3 Å². The fourth-order valence-corrected chi connectivity index (χ4v) is 9.17. The first-order valence-corrected chi connectivity index (χ1v) is 14.2. The highest BCUT2D eigenvalue weighted by Crippen LogP contribution is 2.67. The predicted molar refractivity (Wildman–Crippen MR) is 138 cm³/mol. The quantitative estimate of drug-likeness (QED) is 0.283. The molecule has 3 fully saturated rings. The summed E-state index contributed by atoms with van der Waals surface area (Å²) in [6.07, 6.45) is 18.6. The number of ether oxygens (including phenoxy) is 1. The summed E-state index contributed by atoms with van der Waals surface area (Å²) < 4.78 is 5.39. The molecule has 4 aliphatic carbocycles. The lowest BCUT2D eigenvalue weighted by Crippen LogP contribution is -2.51. The molecule has 0 aromatic carbocycles. The van der Waals surface area contributed by atoms with Gasteiger partial charge in [0.25, 0.3) is 0 Å². The van der Waals surface area contributed by atoms with Gasteiger partial charge in [0, 0.05) is 18.0 Å². The Labute approximate surface area is 207 Å². The van der Waals surface area contributed by atoms with E-state index in [-0.39, 0.29) is 11.5 Å². The second-order valence-electron chi connectivity index (χ2n) is 12.8. The highest BCUT2D eigenvalue weighted by Gasteiger charge is 2.59. The van der Waals surface area contributed by atoms with E-state index < -0.39 is 5.43 Å². The lowest BCUT2D eigenvalue weighted by Gasteiger charge is -2.58. The molecule has 0 heterocycles. The maximum Gasteiger partial charge on any atom is 0.404 e. The van der Waals surface area contributed by atoms with E-state index in [1.54, 1.807) is 5.57 Å². The van der Waals surface area contributed by atoms with Crippen molar-refractivity contribution in [2.24, 2.45) is 52.3 Å². The lowest BCUT2D eigenvalue weighted by molar-refractivity contribution is -0.0541. The Balaban J connectivity index is 1.49. The van der Waals surface area contributed by atoms with Gasteiger partial charge in [0.15, 0.2) is 0 Å². The third-order valence-corrected chi connectivity index (χ3v) is 11.1. The molecule has 9 atom stereocenters. The minimum atomic E-state index is -0.648. The third kappa shape index (κ3) is 4.60. The third-order valence-electron chi connectivity index (χ3n) is 11.0. The number of rotatable bonds is 6. The normalized spacial score (nSPS) is 42.3. The summed E-state index contributed by atoms with van der Waals surface area (Å²) in [5.41, 5.74) is 1.67. The fourth-order valence-electron chi connectivity index (χ4n) is 9.05. The largest absolute Gasteiger partial charge is 0.450 e. The van der Waals surface area contributed by atoms with Crippen LogP contribution < -0.4 is 0 Å². The monoisotopic (exact) mass is 474 g/mol. The summed E-state index contributed by atoms with van der Waals surface area (Å²) in [5.74, 6) is 5.41. The molecule has 186 valence electrons. The van der Waals surface area contributed by atoms with Crippen LogP contribution in [0.3, 0.4) is 0 Å². The summed E-state index contributed by atoms with van der Waals surface area (Å²) in [5, 5.41) is 0. The molecule has 4 aliphatic rings. The Morgan fingerprint density at radius 1 is 1.12 bits per heavy atom. The first-order chi connectivity index (χ1) is 15.6. The summed E-state index contributed by atoms with van der Waals surface area (Å²) in [6.45, 7) is 14.7. The number of allylic oxidation sites excluding steroid dienone is 3. The van der Waals surface area contributed by atoms with E-state index in [1.807, 2.05) is 0 Å². The second kappa shape index (κ2) is 9.71. The van der Waals surface area contributed by atoms with Crippen LogP contribution in [0.4, 0.5) is 4.79 Å². The van der Waals surface area contributed by atoms with Crippen molar-refractivity contribution >= 4 is 17.0 Å². The van der Waals surface area contributed by atoms with Gasteiger partial charge in [-0.25, -0.2) is 4.79 Å². The van der Waals surface area contributed by atoms with Gasteiger partial charge in [-0.3, -0.25) is 0 Å². The number of halogens is 1. The van der Waals surface area contributed by atoms with E-state index in [1.165, 1.54) is 38.5 Å². The van der Waals surface area contributed by atoms with Crippen molar-refractivity contribution in [2.45, 2.75) is 105 Å². The van der Waals surface area contributed by atoms with Crippen molar-refractivity contribution in [1.29, 1.82) is 0 Å². The van der Waals surface area contributed by atoms with Crippen molar-refractivity contribution in [2.75, 3.05) is 0 Å². The van der Waals surface area contributed by atoms with Crippen LogP contribution in [0.1, 0.15) is 99.3 Å². The number of hydrogen-bond acceptors (Lipinski definition) is 2. The van der Waals surface area contributed by atoms with Gasteiger partial charge in [-0.2, -0.15) is 0 Å². The molecule has 0 aromatic heterocycles. The molecule has 0 unspecified atom stereocenters. The fraction of sp³-hybridized carbons (Fsp3) is 0.833. The van der Waals surface area contributed by atoms with Crippen LogP contribution >= 0.6 is 11.6 Å². The summed E-state index contributed by atoms with van der Waals surface area (Å²) in [7, 11) is 0. The molecule has 0 saturated heterocycles. The van der Waals surface area contributed by atoms with Crippen LogP contribution in [0, 0.1) is 52.3 Å². The number of carbonyl (C=O) groups is 1. The van der Waals surface area contributed by atoms with Gasteiger partial charge < -0.3 is 4.74 Å². The Bertz CT molecular complexity index is 784. The summed E-state index contributed by atoms with van der Waals surface area (Å²) in [6, 6.07) is 0. The van der Waals surface area contributed by atoms with E-state index in [9.17, 15) is 4.79 Å². The van der Waals surface area contributed by atoms with Crippen LogP contribution in [0.15, 0.2) is 23.8 Å². The smallest absolute Gasteiger partial charge is 0.404 e. The molecule has 0 N–H and O–H groups in total. The molecule has 3 saturated carbocycles. The average Bonchev–Trinajstić information content (AvgIpc) is 3.11. The highest BCUT2D eigenvalue weighted by molar-refractivity contribution is 6.61. The van der Waals surface area contributed by atoms with Gasteiger partial charge in [-0.05, 0) is 104 Å². The van der Waals surface area contributed by atoms with Gasteiger partial charge in [0.05, 0.1) is 0 Å². The van der Waals surface area contributed by atoms with Gasteiger partial charge >= 0.3 is 5.43 Å². The highest BCUT2D eigenvalue weighted by atomic mass is 35.5. The van der Waals surface area contributed by atoms with Gasteiger partial charge in [-0.15, -0.1) is 0 Å². The van der Waals surface area contributed by atoms with Crippen molar-refractivity contribution < 1.29 is 9.53 Å². The molecule has 0 spiro atoms. The van der Waals surface area contributed by atoms with Gasteiger partial charge in [0.2, 0.25) is 0 Å². The first-order valence-electron chi connectivity index (χ1n) is 13.8. The zero-order valence-corrected chi connectivity index (χ0v) is 22.7. The molecule has 0 aromatic rings. The van der Waals surface area contributed by atoms with Crippen molar-refractivity contribution in [3.63, 3.8) is 0 Å². The molecule has 2 nitrogen and oxygen atoms in total. The molecule has 0 bridgehead atoms. The molecule has 0 radical (unpaired) electrons. The first kappa shape index (κ1) is 25.3. The number of carbonyl (C=O) groups excluding carboxylic acids is 1. The predicted octanol–water partition coefficient (Wildman–Crippen LogP) is 9.18. The molecule has 4 rings (SSSR count). The Morgan fingerprint density at radius 3 is 2.55 bits per heavy atom. The van der Waals surface area contributed by atoms with Gasteiger partial charge in [0.1, 0.15) is 6.10 Å². The average molecular weight is 475 g/mol. The van der Waals surface area contributed by atoms with E-state index in [0.29, 0.717) is 17.3 Å². The second-order valence-corrected chi connectivity index (χ2v) is 13.1. The SMILES string of the molecule is CC[C@@H](/C=C\[C@@H](C)[C@H]1CC[C@H]2[C@@H]3CC=C4C[C@@H](OC(=O)Cl)CC[C@]4(C)[C@H]3CC[C@]12C)C(C)C. The molecular formula is C30H47ClO2. The minimum absolute atomic E-state index is 0.0268. The van der Waals surface area contributed by atoms with E-state index in [0.717, 1.165) is 48.9 Å². The maximum atomic E-state index is 11.3. The Kier molecular flexibility index (Phi) is 7.46. The number of hydrogen-bond donors (Lipinski definition) is 0. The van der Waals surface area contributed by atoms with Crippen LogP contribution in [-0.4, -0.2) is 11.5 Å². The van der Waals surface area contributed by atoms with Crippen molar-refractivity contribution in [3.8, 4) is 0 Å². The molecule has 3 heteroatoms. The molecular weight excluding hydrogens is 428 g/mol. The zero-order chi connectivity index (χ0) is 24.0. The van der Waals surface area contributed by atoms with Crippen LogP contribution in [0.2, 0.25) is 0 Å². The summed E-state index contributed by atoms with van der Waals surface area (Å²) in [4.78, 5) is 11.3. The summed E-state index contributed by atoms with van der Waals surface area (Å²) >= 11 is 5.52. The molecule has 0 amide bonds. The Hall–Kier alpha value is -0.760. The maximum absolute atomic E-state index is 11.3. The standard InChI is InChI=1S/C30H47ClO2/c1-7-21(19(2)3)9-8-20(4)25-12-13-26-24-11-10-22-18-23(33-28(31)32)14-16-29(22,5)27(24)15-17-30(25,26)6/h8-10,19-21,23-27H,7,11-18H2,1-6H3/b9-8-/t20-,21+,23+,24+,25-,26+,27+,29+,30-/m1/s1. The number of fused-ring (bicyclic) bond motifs is 5. The van der Waals surface area contributed by atoms with E-state index >= 15 is 0 Å².